The molecule has 0 unspecified atom stereocenters. The molecule has 0 aliphatic carbocycles. The van der Waals surface area contributed by atoms with E-state index < -0.39 is 0 Å². The number of hydrogen-bond donors (Lipinski definition) is 0. The fraction of sp³-hybridized carbons (Fsp3) is 0.222. The first-order chi connectivity index (χ1) is 15.3. The molecule has 0 N–H and O–H groups in total. The first-order valence-electron chi connectivity index (χ1n) is 10.6. The summed E-state index contributed by atoms with van der Waals surface area (Å²) in [7, 11) is 0. The van der Waals surface area contributed by atoms with Crippen molar-refractivity contribution in [1.29, 1.82) is 0 Å². The van der Waals surface area contributed by atoms with Crippen LogP contribution < -0.4 is 0 Å². The molecule has 1 aliphatic heterocycles. The summed E-state index contributed by atoms with van der Waals surface area (Å²) in [6.07, 6.45) is 1.71. The van der Waals surface area contributed by atoms with Crippen LogP contribution in [0.1, 0.15) is 35.3 Å². The maximum atomic E-state index is 13.3. The first-order valence-corrected chi connectivity index (χ1v) is 10.6. The third-order valence-electron chi connectivity index (χ3n) is 5.50. The number of nitrogens with zero attached hydrogens (tertiary/aromatic N) is 1. The van der Waals surface area contributed by atoms with Crippen LogP contribution in [0.2, 0.25) is 0 Å². The molecule has 3 aromatic rings. The lowest BCUT2D eigenvalue weighted by Crippen LogP contribution is -2.49. The monoisotopic (exact) mass is 413 g/mol. The molecule has 1 saturated heterocycles. The summed E-state index contributed by atoms with van der Waals surface area (Å²) in [6, 6.07) is 29.5. The van der Waals surface area contributed by atoms with Crippen molar-refractivity contribution in [3.8, 4) is 0 Å². The summed E-state index contributed by atoms with van der Waals surface area (Å²) in [4.78, 5) is 15.1. The van der Waals surface area contributed by atoms with Gasteiger partial charge in [-0.2, -0.15) is 0 Å². The van der Waals surface area contributed by atoms with Gasteiger partial charge in [0.15, 0.2) is 0 Å². The molecule has 0 spiro atoms. The third-order valence-corrected chi connectivity index (χ3v) is 5.50. The van der Waals surface area contributed by atoms with E-state index >= 15 is 0 Å². The molecule has 4 rings (SSSR count). The Morgan fingerprint density at radius 1 is 0.935 bits per heavy atom. The van der Waals surface area contributed by atoms with Gasteiger partial charge in [0.25, 0.3) is 0 Å². The number of ether oxygens (including phenoxy) is 2. The molecular weight excluding hydrogens is 386 g/mol. The second kappa shape index (κ2) is 10.1. The maximum absolute atomic E-state index is 13.3. The van der Waals surface area contributed by atoms with Gasteiger partial charge in [0.05, 0.1) is 18.7 Å². The van der Waals surface area contributed by atoms with Crippen molar-refractivity contribution in [2.45, 2.75) is 31.3 Å². The second-order valence-corrected chi connectivity index (χ2v) is 7.66. The molecule has 0 saturated carbocycles. The molecule has 1 aliphatic rings. The van der Waals surface area contributed by atoms with E-state index in [1.807, 2.05) is 102 Å². The van der Waals surface area contributed by atoms with Gasteiger partial charge in [0.2, 0.25) is 0 Å². The normalized spacial score (nSPS) is 20.8. The van der Waals surface area contributed by atoms with Gasteiger partial charge in [0.1, 0.15) is 12.7 Å². The van der Waals surface area contributed by atoms with Gasteiger partial charge in [0, 0.05) is 0 Å². The summed E-state index contributed by atoms with van der Waals surface area (Å²) in [5.41, 5.74) is 3.01. The number of rotatable bonds is 6. The highest BCUT2D eigenvalue weighted by molar-refractivity contribution is 5.69. The van der Waals surface area contributed by atoms with Crippen LogP contribution in [0.5, 0.6) is 0 Å². The number of amides is 1. The molecule has 1 heterocycles. The summed E-state index contributed by atoms with van der Waals surface area (Å²) in [5, 5.41) is 0. The second-order valence-electron chi connectivity index (χ2n) is 7.66. The summed E-state index contributed by atoms with van der Waals surface area (Å²) in [6.45, 7) is 4.54. The van der Waals surface area contributed by atoms with Gasteiger partial charge in [-0.05, 0) is 23.1 Å². The van der Waals surface area contributed by atoms with Gasteiger partial charge in [-0.15, -0.1) is 6.58 Å². The minimum atomic E-state index is -0.337. The lowest BCUT2D eigenvalue weighted by Gasteiger charge is -2.44. The molecule has 1 fully saturated rings. The lowest BCUT2D eigenvalue weighted by molar-refractivity contribution is -0.116. The predicted octanol–water partition coefficient (Wildman–Crippen LogP) is 6.08. The highest BCUT2D eigenvalue weighted by atomic mass is 16.6. The van der Waals surface area contributed by atoms with Crippen molar-refractivity contribution in [2.24, 2.45) is 0 Å². The van der Waals surface area contributed by atoms with E-state index in [-0.39, 0.29) is 30.9 Å². The van der Waals surface area contributed by atoms with Crippen molar-refractivity contribution in [3.63, 3.8) is 0 Å². The van der Waals surface area contributed by atoms with Gasteiger partial charge >= 0.3 is 6.09 Å². The zero-order chi connectivity index (χ0) is 21.5. The van der Waals surface area contributed by atoms with E-state index in [1.54, 1.807) is 0 Å². The molecule has 4 nitrogen and oxygen atoms in total. The molecular formula is C27H27NO3. The molecule has 0 bridgehead atoms. The molecule has 0 radical (unpaired) electrons. The summed E-state index contributed by atoms with van der Waals surface area (Å²) >= 11 is 0. The highest BCUT2D eigenvalue weighted by Gasteiger charge is 2.41. The van der Waals surface area contributed by atoms with E-state index in [0.717, 1.165) is 16.7 Å². The molecule has 1 amide bonds. The van der Waals surface area contributed by atoms with E-state index in [1.165, 1.54) is 0 Å². The molecule has 31 heavy (non-hydrogen) atoms. The zero-order valence-corrected chi connectivity index (χ0v) is 17.5. The average molecular weight is 414 g/mol. The average Bonchev–Trinajstić information content (AvgIpc) is 2.84. The topological polar surface area (TPSA) is 38.8 Å². The van der Waals surface area contributed by atoms with E-state index in [2.05, 4.69) is 6.58 Å². The Hall–Kier alpha value is -3.37. The van der Waals surface area contributed by atoms with Crippen molar-refractivity contribution in [3.05, 3.63) is 120 Å². The van der Waals surface area contributed by atoms with Crippen molar-refractivity contribution in [1.82, 2.24) is 4.90 Å². The Kier molecular flexibility index (Phi) is 6.80. The van der Waals surface area contributed by atoms with Crippen LogP contribution in [0.25, 0.3) is 0 Å². The molecule has 4 heteroatoms. The van der Waals surface area contributed by atoms with E-state index in [4.69, 9.17) is 9.47 Å². The Balaban J connectivity index is 1.66. The maximum Gasteiger partial charge on any atom is 0.410 e. The van der Waals surface area contributed by atoms with Crippen LogP contribution >= 0.6 is 0 Å². The van der Waals surface area contributed by atoms with E-state index in [9.17, 15) is 4.79 Å². The van der Waals surface area contributed by atoms with Gasteiger partial charge in [-0.1, -0.05) is 97.1 Å². The number of benzene rings is 3. The molecule has 3 aromatic carbocycles. The van der Waals surface area contributed by atoms with Crippen LogP contribution in [0.3, 0.4) is 0 Å². The van der Waals surface area contributed by atoms with E-state index in [0.29, 0.717) is 13.0 Å². The number of hydrogen-bond acceptors (Lipinski definition) is 3. The van der Waals surface area contributed by atoms with Crippen molar-refractivity contribution >= 4 is 6.09 Å². The molecule has 158 valence electrons. The lowest BCUT2D eigenvalue weighted by atomic mass is 9.92. The molecule has 0 aromatic heterocycles. The Labute approximate surface area is 183 Å². The van der Waals surface area contributed by atoms with Crippen molar-refractivity contribution in [2.75, 3.05) is 6.54 Å². The minimum Gasteiger partial charge on any atom is -0.445 e. The van der Waals surface area contributed by atoms with Crippen LogP contribution in [0.15, 0.2) is 104 Å². The van der Waals surface area contributed by atoms with Crippen LogP contribution in [0.4, 0.5) is 4.79 Å². The summed E-state index contributed by atoms with van der Waals surface area (Å²) < 4.78 is 12.2. The van der Waals surface area contributed by atoms with Crippen molar-refractivity contribution < 1.29 is 14.3 Å². The van der Waals surface area contributed by atoms with Gasteiger partial charge in [-0.3, -0.25) is 4.90 Å². The molecule has 3 atom stereocenters. The fourth-order valence-corrected chi connectivity index (χ4v) is 4.04. The number of carbonyl (C=O) groups is 1. The number of carbonyl (C=O) groups excluding carboxylic acids is 1. The Morgan fingerprint density at radius 2 is 1.52 bits per heavy atom. The van der Waals surface area contributed by atoms with Gasteiger partial charge in [-0.25, -0.2) is 4.79 Å². The smallest absolute Gasteiger partial charge is 0.410 e. The minimum absolute atomic E-state index is 0.146. The largest absolute Gasteiger partial charge is 0.445 e. The standard InChI is InChI=1S/C27H27NO3/c1-2-12-24-19-28(27(29)30-20-21-13-6-3-7-14-21)25(22-15-8-4-9-16-22)26(31-24)23-17-10-5-11-18-23/h2-11,13-18,24-26H,1,12,19-20H2/t24-,25+,26-/m0/s1. The Bertz CT molecular complexity index is 975. The third kappa shape index (κ3) is 5.04. The van der Waals surface area contributed by atoms with Gasteiger partial charge < -0.3 is 9.47 Å². The summed E-state index contributed by atoms with van der Waals surface area (Å²) in [5.74, 6) is 0. The number of morpholine rings is 1. The predicted molar refractivity (Wildman–Crippen MR) is 121 cm³/mol. The Morgan fingerprint density at radius 3 is 2.13 bits per heavy atom. The SMILES string of the molecule is C=CC[C@H]1CN(C(=O)OCc2ccccc2)[C@H](c2ccccc2)[C@H](c2ccccc2)O1. The zero-order valence-electron chi connectivity index (χ0n) is 17.5. The van der Waals surface area contributed by atoms with Crippen LogP contribution in [-0.4, -0.2) is 23.6 Å². The first kappa shape index (κ1) is 20.9. The quantitative estimate of drug-likeness (QED) is 0.460. The van der Waals surface area contributed by atoms with Crippen LogP contribution in [0, 0.1) is 0 Å². The fourth-order valence-electron chi connectivity index (χ4n) is 4.04. The van der Waals surface area contributed by atoms with Crippen LogP contribution in [-0.2, 0) is 16.1 Å². The highest BCUT2D eigenvalue weighted by Crippen LogP contribution is 2.42.